The van der Waals surface area contributed by atoms with Crippen LogP contribution in [-0.4, -0.2) is 15.9 Å². The van der Waals surface area contributed by atoms with Gasteiger partial charge in [-0.15, -0.1) is 0 Å². The minimum absolute atomic E-state index is 0.0458. The van der Waals surface area contributed by atoms with Crippen LogP contribution in [0, 0.1) is 24.0 Å². The van der Waals surface area contributed by atoms with Crippen molar-refractivity contribution >= 4 is 34.6 Å². The smallest absolute Gasteiger partial charge is 0.269 e. The molecule has 1 heterocycles. The zero-order valence-corrected chi connectivity index (χ0v) is 16.5. The van der Waals surface area contributed by atoms with Crippen LogP contribution >= 0.6 is 12.2 Å². The molecule has 28 heavy (non-hydrogen) atoms. The maximum absolute atomic E-state index is 13.1. The molecule has 0 saturated heterocycles. The van der Waals surface area contributed by atoms with Gasteiger partial charge in [0.2, 0.25) is 0 Å². The van der Waals surface area contributed by atoms with Crippen LogP contribution in [0.5, 0.6) is 0 Å². The summed E-state index contributed by atoms with van der Waals surface area (Å²) in [5, 5.41) is 20.4. The van der Waals surface area contributed by atoms with Gasteiger partial charge in [-0.3, -0.25) is 14.9 Å². The minimum atomic E-state index is -0.598. The normalized spacial score (nSPS) is 16.2. The first-order valence-corrected chi connectivity index (χ1v) is 9.08. The van der Waals surface area contributed by atoms with Crippen molar-refractivity contribution in [2.24, 2.45) is 0 Å². The predicted molar refractivity (Wildman–Crippen MR) is 112 cm³/mol. The topological polar surface area (TPSA) is 96.3 Å². The molecule has 0 bridgehead atoms. The van der Waals surface area contributed by atoms with Gasteiger partial charge in [0, 0.05) is 23.5 Å². The number of nitrogens with zero attached hydrogens (tertiary/aromatic N) is 1. The SMILES string of the molecule is CC1=C(C(=O)Nc2ccc(C)cc2C)[C@@H](c2cccc([N+](=O)[O-])c2)NC(=S)N1. The first-order chi connectivity index (χ1) is 13.3. The number of amides is 1. The molecule has 0 radical (unpaired) electrons. The van der Waals surface area contributed by atoms with Gasteiger partial charge in [-0.05, 0) is 50.2 Å². The summed E-state index contributed by atoms with van der Waals surface area (Å²) in [5.41, 5.74) is 4.33. The van der Waals surface area contributed by atoms with Crippen molar-refractivity contribution in [2.45, 2.75) is 26.8 Å². The Morgan fingerprint density at radius 1 is 1.18 bits per heavy atom. The van der Waals surface area contributed by atoms with E-state index in [9.17, 15) is 14.9 Å². The van der Waals surface area contributed by atoms with E-state index in [0.29, 0.717) is 27.6 Å². The molecular formula is C20H20N4O3S. The number of carbonyl (C=O) groups excluding carboxylic acids is 1. The van der Waals surface area contributed by atoms with Crippen LogP contribution in [0.1, 0.15) is 29.7 Å². The van der Waals surface area contributed by atoms with E-state index in [2.05, 4.69) is 16.0 Å². The zero-order chi connectivity index (χ0) is 20.4. The number of benzene rings is 2. The van der Waals surface area contributed by atoms with Crippen molar-refractivity contribution in [1.29, 1.82) is 0 Å². The van der Waals surface area contributed by atoms with Crippen LogP contribution in [0.2, 0.25) is 0 Å². The molecule has 8 heteroatoms. The highest BCUT2D eigenvalue weighted by Crippen LogP contribution is 2.30. The van der Waals surface area contributed by atoms with Crippen LogP contribution < -0.4 is 16.0 Å². The van der Waals surface area contributed by atoms with Gasteiger partial charge in [-0.2, -0.15) is 0 Å². The Morgan fingerprint density at radius 2 is 1.93 bits per heavy atom. The lowest BCUT2D eigenvalue weighted by atomic mass is 9.94. The molecule has 7 nitrogen and oxygen atoms in total. The third kappa shape index (κ3) is 4.01. The maximum Gasteiger partial charge on any atom is 0.269 e. The third-order valence-corrected chi connectivity index (χ3v) is 4.78. The molecule has 2 aromatic rings. The molecule has 0 spiro atoms. The van der Waals surface area contributed by atoms with Crippen LogP contribution in [0.15, 0.2) is 53.7 Å². The molecule has 2 aromatic carbocycles. The zero-order valence-electron chi connectivity index (χ0n) is 15.7. The van der Waals surface area contributed by atoms with Crippen molar-refractivity contribution in [3.05, 3.63) is 80.5 Å². The van der Waals surface area contributed by atoms with Gasteiger partial charge in [-0.25, -0.2) is 0 Å². The molecule has 1 aliphatic rings. The van der Waals surface area contributed by atoms with E-state index in [1.165, 1.54) is 12.1 Å². The molecule has 3 rings (SSSR count). The van der Waals surface area contributed by atoms with Crippen molar-refractivity contribution in [1.82, 2.24) is 10.6 Å². The lowest BCUT2D eigenvalue weighted by Crippen LogP contribution is -2.45. The average Bonchev–Trinajstić information content (AvgIpc) is 2.63. The van der Waals surface area contributed by atoms with Gasteiger partial charge in [0.1, 0.15) is 0 Å². The Hall–Kier alpha value is -3.26. The lowest BCUT2D eigenvalue weighted by molar-refractivity contribution is -0.384. The number of nitro benzene ring substituents is 1. The fourth-order valence-electron chi connectivity index (χ4n) is 3.21. The number of non-ortho nitro benzene ring substituents is 1. The van der Waals surface area contributed by atoms with E-state index in [1.807, 2.05) is 32.0 Å². The summed E-state index contributed by atoms with van der Waals surface area (Å²) < 4.78 is 0. The van der Waals surface area contributed by atoms with Gasteiger partial charge in [0.15, 0.2) is 5.11 Å². The van der Waals surface area contributed by atoms with E-state index in [-0.39, 0.29) is 11.6 Å². The molecule has 1 amide bonds. The van der Waals surface area contributed by atoms with Gasteiger partial charge in [0.05, 0.1) is 16.5 Å². The lowest BCUT2D eigenvalue weighted by Gasteiger charge is -2.30. The summed E-state index contributed by atoms with van der Waals surface area (Å²) >= 11 is 5.23. The summed E-state index contributed by atoms with van der Waals surface area (Å²) in [6.07, 6.45) is 0. The second-order valence-electron chi connectivity index (χ2n) is 6.69. The first kappa shape index (κ1) is 19.5. The summed E-state index contributed by atoms with van der Waals surface area (Å²) in [5.74, 6) is -0.302. The molecule has 1 aliphatic heterocycles. The number of carbonyl (C=O) groups is 1. The number of rotatable bonds is 4. The Balaban J connectivity index is 1.98. The maximum atomic E-state index is 13.1. The van der Waals surface area contributed by atoms with E-state index in [1.54, 1.807) is 19.1 Å². The molecule has 144 valence electrons. The van der Waals surface area contributed by atoms with Crippen molar-refractivity contribution in [3.8, 4) is 0 Å². The monoisotopic (exact) mass is 396 g/mol. The second kappa shape index (κ2) is 7.77. The summed E-state index contributed by atoms with van der Waals surface area (Å²) in [7, 11) is 0. The molecule has 0 aliphatic carbocycles. The Bertz CT molecular complexity index is 1020. The number of anilines is 1. The average molecular weight is 396 g/mol. The number of hydrogen-bond donors (Lipinski definition) is 3. The highest BCUT2D eigenvalue weighted by molar-refractivity contribution is 7.80. The Kier molecular flexibility index (Phi) is 5.41. The highest BCUT2D eigenvalue weighted by atomic mass is 32.1. The Labute approximate surface area is 168 Å². The van der Waals surface area contributed by atoms with Gasteiger partial charge >= 0.3 is 0 Å². The fraction of sp³-hybridized carbons (Fsp3) is 0.200. The number of allylic oxidation sites excluding steroid dienone is 1. The first-order valence-electron chi connectivity index (χ1n) is 8.67. The van der Waals surface area contributed by atoms with E-state index in [0.717, 1.165) is 11.1 Å². The molecule has 0 fully saturated rings. The largest absolute Gasteiger partial charge is 0.351 e. The Morgan fingerprint density at radius 3 is 2.61 bits per heavy atom. The quantitative estimate of drug-likeness (QED) is 0.415. The summed E-state index contributed by atoms with van der Waals surface area (Å²) in [4.78, 5) is 23.8. The third-order valence-electron chi connectivity index (χ3n) is 4.56. The van der Waals surface area contributed by atoms with Crippen molar-refractivity contribution in [2.75, 3.05) is 5.32 Å². The van der Waals surface area contributed by atoms with Crippen molar-refractivity contribution in [3.63, 3.8) is 0 Å². The molecule has 0 unspecified atom stereocenters. The fourth-order valence-corrected chi connectivity index (χ4v) is 3.48. The van der Waals surface area contributed by atoms with Crippen LogP contribution in [0.25, 0.3) is 0 Å². The summed E-state index contributed by atoms with van der Waals surface area (Å²) in [6, 6.07) is 11.4. The molecule has 3 N–H and O–H groups in total. The number of nitro groups is 1. The van der Waals surface area contributed by atoms with E-state index >= 15 is 0 Å². The van der Waals surface area contributed by atoms with Gasteiger partial charge in [-0.1, -0.05) is 29.8 Å². The molecule has 0 saturated carbocycles. The van der Waals surface area contributed by atoms with Gasteiger partial charge < -0.3 is 16.0 Å². The standard InChI is InChI=1S/C20H20N4O3S/c1-11-7-8-16(12(2)9-11)22-19(25)17-13(3)21-20(28)23-18(17)14-5-4-6-15(10-14)24(26)27/h4-10,18H,1-3H3,(H,22,25)(H2,21,23,28)/t18-/m1/s1. The van der Waals surface area contributed by atoms with E-state index < -0.39 is 11.0 Å². The summed E-state index contributed by atoms with van der Waals surface area (Å²) in [6.45, 7) is 5.67. The number of hydrogen-bond acceptors (Lipinski definition) is 4. The number of nitrogens with one attached hydrogen (secondary N) is 3. The highest BCUT2D eigenvalue weighted by Gasteiger charge is 2.30. The predicted octanol–water partition coefficient (Wildman–Crippen LogP) is 3.64. The van der Waals surface area contributed by atoms with Crippen molar-refractivity contribution < 1.29 is 9.72 Å². The molecule has 0 aromatic heterocycles. The van der Waals surface area contributed by atoms with Crippen LogP contribution in [0.4, 0.5) is 11.4 Å². The van der Waals surface area contributed by atoms with E-state index in [4.69, 9.17) is 12.2 Å². The number of aryl methyl sites for hydroxylation is 2. The van der Waals surface area contributed by atoms with Crippen LogP contribution in [0.3, 0.4) is 0 Å². The number of thiocarbonyl (C=S) groups is 1. The van der Waals surface area contributed by atoms with Crippen LogP contribution in [-0.2, 0) is 4.79 Å². The molecule has 1 atom stereocenters. The van der Waals surface area contributed by atoms with Gasteiger partial charge in [0.25, 0.3) is 11.6 Å². The molecular weight excluding hydrogens is 376 g/mol. The minimum Gasteiger partial charge on any atom is -0.351 e. The second-order valence-corrected chi connectivity index (χ2v) is 7.10.